The molecule has 3 aromatic carbocycles. The minimum atomic E-state index is -0.262. The number of carbonyl (C=O) groups excluding carboxylic acids is 2. The van der Waals surface area contributed by atoms with E-state index >= 15 is 0 Å². The fourth-order valence-corrected chi connectivity index (χ4v) is 4.61. The molecule has 2 amide bonds. The lowest BCUT2D eigenvalue weighted by molar-refractivity contribution is 0.0947. The van der Waals surface area contributed by atoms with Crippen molar-refractivity contribution >= 4 is 28.9 Å². The number of nitrogens with zero attached hydrogens (tertiary/aromatic N) is 2. The van der Waals surface area contributed by atoms with E-state index in [0.717, 1.165) is 43.3 Å². The predicted octanol–water partition coefficient (Wildman–Crippen LogP) is 4.05. The Hall–Kier alpha value is -4.24. The summed E-state index contributed by atoms with van der Waals surface area (Å²) in [6, 6.07) is 20.4. The van der Waals surface area contributed by atoms with Gasteiger partial charge in [0.1, 0.15) is 11.5 Å². The number of benzene rings is 3. The molecule has 2 N–H and O–H groups in total. The van der Waals surface area contributed by atoms with Crippen LogP contribution in [0.3, 0.4) is 0 Å². The van der Waals surface area contributed by atoms with Crippen molar-refractivity contribution in [2.24, 2.45) is 0 Å². The van der Waals surface area contributed by atoms with E-state index in [4.69, 9.17) is 14.2 Å². The fourth-order valence-electron chi connectivity index (χ4n) is 4.61. The number of para-hydroxylation sites is 2. The zero-order valence-electron chi connectivity index (χ0n) is 22.7. The van der Waals surface area contributed by atoms with Crippen LogP contribution in [0.25, 0.3) is 0 Å². The summed E-state index contributed by atoms with van der Waals surface area (Å²) in [5, 5.41) is 5.91. The highest BCUT2D eigenvalue weighted by Crippen LogP contribution is 2.31. The van der Waals surface area contributed by atoms with Gasteiger partial charge in [0.05, 0.1) is 25.5 Å². The predicted molar refractivity (Wildman–Crippen MR) is 154 cm³/mol. The summed E-state index contributed by atoms with van der Waals surface area (Å²) in [5.74, 6) is 1.07. The number of amides is 2. The van der Waals surface area contributed by atoms with Crippen molar-refractivity contribution in [1.29, 1.82) is 0 Å². The molecule has 0 spiro atoms. The van der Waals surface area contributed by atoms with Gasteiger partial charge >= 0.3 is 0 Å². The summed E-state index contributed by atoms with van der Waals surface area (Å²) in [6.45, 7) is 4.10. The zero-order chi connectivity index (χ0) is 27.6. The lowest BCUT2D eigenvalue weighted by Crippen LogP contribution is -2.47. The molecule has 39 heavy (non-hydrogen) atoms. The topological polar surface area (TPSA) is 92.4 Å². The van der Waals surface area contributed by atoms with Crippen LogP contribution in [0.2, 0.25) is 0 Å². The third-order valence-electron chi connectivity index (χ3n) is 6.71. The molecule has 9 heteroatoms. The first-order chi connectivity index (χ1) is 19.0. The van der Waals surface area contributed by atoms with Crippen LogP contribution >= 0.6 is 0 Å². The Morgan fingerprint density at radius 1 is 0.795 bits per heavy atom. The first-order valence-corrected chi connectivity index (χ1v) is 13.0. The van der Waals surface area contributed by atoms with Crippen LogP contribution in [0.4, 0.5) is 17.1 Å². The molecule has 0 atom stereocenters. The molecular formula is C30H36N4O5. The quantitative estimate of drug-likeness (QED) is 0.360. The smallest absolute Gasteiger partial charge is 0.255 e. The lowest BCUT2D eigenvalue weighted by atomic mass is 10.1. The Balaban J connectivity index is 1.52. The Labute approximate surface area is 229 Å². The molecule has 1 fully saturated rings. The number of nitrogens with one attached hydrogen (secondary N) is 2. The number of hydrogen-bond acceptors (Lipinski definition) is 7. The second kappa shape index (κ2) is 13.5. The molecule has 3 aromatic rings. The van der Waals surface area contributed by atoms with E-state index in [-0.39, 0.29) is 11.8 Å². The Morgan fingerprint density at radius 2 is 1.49 bits per heavy atom. The van der Waals surface area contributed by atoms with E-state index in [1.165, 1.54) is 0 Å². The van der Waals surface area contributed by atoms with Crippen LogP contribution < -0.4 is 29.9 Å². The molecule has 206 valence electrons. The number of methoxy groups -OCH3 is 3. The van der Waals surface area contributed by atoms with Gasteiger partial charge in [-0.15, -0.1) is 0 Å². The van der Waals surface area contributed by atoms with Gasteiger partial charge in [-0.25, -0.2) is 0 Å². The molecule has 0 aromatic heterocycles. The SMILES string of the molecule is COCCCNC(=O)c1cc(NC(=O)c2ccc(OC)cc2)ccc1N1CCN(c2ccccc2OC)CC1. The van der Waals surface area contributed by atoms with E-state index in [2.05, 4.69) is 26.5 Å². The van der Waals surface area contributed by atoms with Gasteiger partial charge in [-0.2, -0.15) is 0 Å². The van der Waals surface area contributed by atoms with Gasteiger partial charge in [-0.1, -0.05) is 12.1 Å². The minimum absolute atomic E-state index is 0.186. The van der Waals surface area contributed by atoms with Crippen molar-refractivity contribution in [1.82, 2.24) is 5.32 Å². The van der Waals surface area contributed by atoms with Crippen molar-refractivity contribution in [2.75, 3.05) is 75.8 Å². The molecule has 0 aliphatic carbocycles. The van der Waals surface area contributed by atoms with Gasteiger partial charge in [0.15, 0.2) is 0 Å². The van der Waals surface area contributed by atoms with Crippen molar-refractivity contribution in [3.05, 3.63) is 77.9 Å². The standard InChI is InChI=1S/C30H36N4O5/c1-37-20-6-15-31-30(36)25-21-23(32-29(35)22-9-12-24(38-2)13-10-22)11-14-26(25)33-16-18-34(19-17-33)27-7-4-5-8-28(27)39-3/h4-5,7-14,21H,6,15-20H2,1-3H3,(H,31,36)(H,32,35). The Kier molecular flexibility index (Phi) is 9.64. The van der Waals surface area contributed by atoms with Crippen LogP contribution in [0.15, 0.2) is 66.7 Å². The summed E-state index contributed by atoms with van der Waals surface area (Å²) in [5.41, 5.74) is 3.46. The average Bonchev–Trinajstić information content (AvgIpc) is 2.99. The van der Waals surface area contributed by atoms with Crippen molar-refractivity contribution in [3.8, 4) is 11.5 Å². The van der Waals surface area contributed by atoms with E-state index in [9.17, 15) is 9.59 Å². The number of piperazine rings is 1. The van der Waals surface area contributed by atoms with Crippen LogP contribution in [-0.2, 0) is 4.74 Å². The lowest BCUT2D eigenvalue weighted by Gasteiger charge is -2.38. The fraction of sp³-hybridized carbons (Fsp3) is 0.333. The molecular weight excluding hydrogens is 496 g/mol. The summed E-state index contributed by atoms with van der Waals surface area (Å²) >= 11 is 0. The number of hydrogen-bond donors (Lipinski definition) is 2. The molecule has 4 rings (SSSR count). The van der Waals surface area contributed by atoms with Crippen molar-refractivity contribution in [2.45, 2.75) is 6.42 Å². The second-order valence-corrected chi connectivity index (χ2v) is 9.16. The first kappa shape index (κ1) is 27.8. The van der Waals surface area contributed by atoms with Gasteiger partial charge in [0, 0.05) is 63.4 Å². The number of carbonyl (C=O) groups is 2. The summed E-state index contributed by atoms with van der Waals surface area (Å²) < 4.78 is 15.8. The highest BCUT2D eigenvalue weighted by molar-refractivity contribution is 6.06. The Bertz CT molecular complexity index is 1260. The maximum absolute atomic E-state index is 13.3. The van der Waals surface area contributed by atoms with Crippen molar-refractivity contribution < 1.29 is 23.8 Å². The van der Waals surface area contributed by atoms with Gasteiger partial charge < -0.3 is 34.6 Å². The summed E-state index contributed by atoms with van der Waals surface area (Å²) in [6.07, 6.45) is 0.711. The van der Waals surface area contributed by atoms with Gasteiger partial charge in [-0.05, 0) is 61.0 Å². The van der Waals surface area contributed by atoms with E-state index < -0.39 is 0 Å². The van der Waals surface area contributed by atoms with Crippen LogP contribution in [0.5, 0.6) is 11.5 Å². The normalized spacial score (nSPS) is 13.1. The number of rotatable bonds is 11. The largest absolute Gasteiger partial charge is 0.497 e. The first-order valence-electron chi connectivity index (χ1n) is 13.0. The second-order valence-electron chi connectivity index (χ2n) is 9.16. The molecule has 1 aliphatic rings. The molecule has 1 saturated heterocycles. The maximum atomic E-state index is 13.3. The number of anilines is 3. The van der Waals surface area contributed by atoms with Gasteiger partial charge in [-0.3, -0.25) is 9.59 Å². The van der Waals surface area contributed by atoms with Crippen LogP contribution in [0, 0.1) is 0 Å². The average molecular weight is 533 g/mol. The highest BCUT2D eigenvalue weighted by Gasteiger charge is 2.24. The molecule has 0 radical (unpaired) electrons. The van der Waals surface area contributed by atoms with Crippen molar-refractivity contribution in [3.63, 3.8) is 0 Å². The zero-order valence-corrected chi connectivity index (χ0v) is 22.7. The van der Waals surface area contributed by atoms with Crippen LogP contribution in [0.1, 0.15) is 27.1 Å². The van der Waals surface area contributed by atoms with Gasteiger partial charge in [0.25, 0.3) is 11.8 Å². The molecule has 9 nitrogen and oxygen atoms in total. The van der Waals surface area contributed by atoms with Gasteiger partial charge in [0.2, 0.25) is 0 Å². The monoisotopic (exact) mass is 532 g/mol. The molecule has 0 unspecified atom stereocenters. The van der Waals surface area contributed by atoms with E-state index in [1.54, 1.807) is 51.7 Å². The molecule has 0 bridgehead atoms. The Morgan fingerprint density at radius 3 is 2.15 bits per heavy atom. The summed E-state index contributed by atoms with van der Waals surface area (Å²) in [4.78, 5) is 30.7. The maximum Gasteiger partial charge on any atom is 0.255 e. The van der Waals surface area contributed by atoms with Crippen LogP contribution in [-0.4, -0.2) is 72.5 Å². The molecule has 1 heterocycles. The molecule has 1 aliphatic heterocycles. The molecule has 0 saturated carbocycles. The minimum Gasteiger partial charge on any atom is -0.497 e. The highest BCUT2D eigenvalue weighted by atomic mass is 16.5. The van der Waals surface area contributed by atoms with E-state index in [0.29, 0.717) is 42.1 Å². The third-order valence-corrected chi connectivity index (χ3v) is 6.71. The number of ether oxygens (including phenoxy) is 3. The summed E-state index contributed by atoms with van der Waals surface area (Å²) in [7, 11) is 4.90. The third kappa shape index (κ3) is 7.00. The van der Waals surface area contributed by atoms with E-state index in [1.807, 2.05) is 30.3 Å².